The summed E-state index contributed by atoms with van der Waals surface area (Å²) in [6, 6.07) is 7.60. The summed E-state index contributed by atoms with van der Waals surface area (Å²) in [6.45, 7) is 5.28. The number of benzene rings is 1. The summed E-state index contributed by atoms with van der Waals surface area (Å²) < 4.78 is 5.67. The van der Waals surface area contributed by atoms with Crippen molar-refractivity contribution in [1.82, 2.24) is 4.90 Å². The maximum atomic E-state index is 12.1. The summed E-state index contributed by atoms with van der Waals surface area (Å²) in [5, 5.41) is 0. The maximum absolute atomic E-state index is 12.1. The van der Waals surface area contributed by atoms with Gasteiger partial charge in [-0.15, -0.1) is 0 Å². The molecule has 3 nitrogen and oxygen atoms in total. The Kier molecular flexibility index (Phi) is 3.08. The van der Waals surface area contributed by atoms with E-state index in [0.717, 1.165) is 12.1 Å². The molecule has 3 saturated heterocycles. The third kappa shape index (κ3) is 2.27. The summed E-state index contributed by atoms with van der Waals surface area (Å²) in [5.74, 6) is 0.401. The summed E-state index contributed by atoms with van der Waals surface area (Å²) in [5.41, 5.74) is 1.83. The Morgan fingerprint density at radius 1 is 1.22 bits per heavy atom. The standard InChI is InChI=1S/C15H19NO2/c1-11-2-4-13(5-3-11)15(17)18-14-10-16-8-6-12(14)7-9-16/h2-5,12,14H,6-10H2,1H3/t14-/m1/s1. The molecule has 0 amide bonds. The highest BCUT2D eigenvalue weighted by Crippen LogP contribution is 2.30. The van der Waals surface area contributed by atoms with Crippen molar-refractivity contribution in [3.05, 3.63) is 35.4 Å². The number of nitrogens with zero attached hydrogens (tertiary/aromatic N) is 1. The first-order valence-electron chi connectivity index (χ1n) is 6.72. The molecule has 1 aromatic rings. The first-order chi connectivity index (χ1) is 8.72. The molecule has 96 valence electrons. The molecule has 3 heterocycles. The van der Waals surface area contributed by atoms with E-state index in [9.17, 15) is 4.79 Å². The lowest BCUT2D eigenvalue weighted by molar-refractivity contribution is -0.0455. The Hall–Kier alpha value is -1.35. The number of piperidine rings is 3. The first-order valence-corrected chi connectivity index (χ1v) is 6.72. The highest BCUT2D eigenvalue weighted by Gasteiger charge is 2.36. The van der Waals surface area contributed by atoms with Crippen LogP contribution in [0.25, 0.3) is 0 Å². The molecule has 3 aliphatic heterocycles. The zero-order valence-corrected chi connectivity index (χ0v) is 10.8. The molecule has 1 aromatic carbocycles. The van der Waals surface area contributed by atoms with Crippen LogP contribution in [0.3, 0.4) is 0 Å². The van der Waals surface area contributed by atoms with Crippen molar-refractivity contribution in [2.45, 2.75) is 25.9 Å². The second-order valence-electron chi connectivity index (χ2n) is 5.45. The Morgan fingerprint density at radius 2 is 1.89 bits per heavy atom. The lowest BCUT2D eigenvalue weighted by atomic mass is 9.86. The molecule has 0 saturated carbocycles. The molecule has 3 heteroatoms. The van der Waals surface area contributed by atoms with Crippen LogP contribution in [0.15, 0.2) is 24.3 Å². The zero-order valence-electron chi connectivity index (χ0n) is 10.8. The van der Waals surface area contributed by atoms with Gasteiger partial charge in [-0.1, -0.05) is 17.7 Å². The number of ether oxygens (including phenoxy) is 1. The van der Waals surface area contributed by atoms with Gasteiger partial charge in [-0.3, -0.25) is 4.90 Å². The van der Waals surface area contributed by atoms with E-state index in [4.69, 9.17) is 4.74 Å². The quantitative estimate of drug-likeness (QED) is 0.748. The van der Waals surface area contributed by atoms with Gasteiger partial charge in [-0.05, 0) is 50.9 Å². The molecule has 18 heavy (non-hydrogen) atoms. The predicted octanol–water partition coefficient (Wildman–Crippen LogP) is 2.25. The largest absolute Gasteiger partial charge is 0.457 e. The average molecular weight is 245 g/mol. The number of esters is 1. The van der Waals surface area contributed by atoms with Crippen molar-refractivity contribution >= 4 is 5.97 Å². The number of fused-ring (bicyclic) bond motifs is 3. The van der Waals surface area contributed by atoms with Crippen molar-refractivity contribution in [1.29, 1.82) is 0 Å². The van der Waals surface area contributed by atoms with Gasteiger partial charge in [0.2, 0.25) is 0 Å². The number of rotatable bonds is 2. The van der Waals surface area contributed by atoms with E-state index in [1.165, 1.54) is 25.9 Å². The van der Waals surface area contributed by atoms with Gasteiger partial charge < -0.3 is 4.74 Å². The molecule has 0 spiro atoms. The molecule has 0 N–H and O–H groups in total. The van der Waals surface area contributed by atoms with E-state index >= 15 is 0 Å². The first kappa shape index (κ1) is 11.7. The normalized spacial score (nSPS) is 30.2. The summed E-state index contributed by atoms with van der Waals surface area (Å²) in [6.07, 6.45) is 2.44. The molecule has 0 aromatic heterocycles. The minimum Gasteiger partial charge on any atom is -0.457 e. The van der Waals surface area contributed by atoms with Crippen LogP contribution >= 0.6 is 0 Å². The number of hydrogen-bond acceptors (Lipinski definition) is 3. The highest BCUT2D eigenvalue weighted by molar-refractivity contribution is 5.89. The van der Waals surface area contributed by atoms with Crippen LogP contribution in [0, 0.1) is 12.8 Å². The van der Waals surface area contributed by atoms with Crippen molar-refractivity contribution < 1.29 is 9.53 Å². The minimum atomic E-state index is -0.172. The topological polar surface area (TPSA) is 29.5 Å². The van der Waals surface area contributed by atoms with E-state index in [-0.39, 0.29) is 12.1 Å². The second kappa shape index (κ2) is 4.73. The molecule has 2 bridgehead atoms. The third-order valence-electron chi connectivity index (χ3n) is 4.14. The fourth-order valence-corrected chi connectivity index (χ4v) is 2.94. The molecule has 4 rings (SSSR count). The zero-order chi connectivity index (χ0) is 12.5. The van der Waals surface area contributed by atoms with Crippen LogP contribution in [0.5, 0.6) is 0 Å². The predicted molar refractivity (Wildman–Crippen MR) is 69.5 cm³/mol. The summed E-state index contributed by atoms with van der Waals surface area (Å²) in [7, 11) is 0. The van der Waals surface area contributed by atoms with Gasteiger partial charge in [0.15, 0.2) is 0 Å². The molecular formula is C15H19NO2. The van der Waals surface area contributed by atoms with Crippen molar-refractivity contribution in [3.8, 4) is 0 Å². The molecule has 3 fully saturated rings. The molecule has 0 aliphatic carbocycles. The number of aryl methyl sites for hydroxylation is 1. The van der Waals surface area contributed by atoms with E-state index in [0.29, 0.717) is 11.5 Å². The van der Waals surface area contributed by atoms with E-state index in [1.807, 2.05) is 31.2 Å². The molecule has 0 unspecified atom stereocenters. The molecule has 0 radical (unpaired) electrons. The van der Waals surface area contributed by atoms with Gasteiger partial charge in [0.1, 0.15) is 6.10 Å². The lowest BCUT2D eigenvalue weighted by Crippen LogP contribution is -2.51. The fraction of sp³-hybridized carbons (Fsp3) is 0.533. The fourth-order valence-electron chi connectivity index (χ4n) is 2.94. The van der Waals surface area contributed by atoms with Gasteiger partial charge in [-0.2, -0.15) is 0 Å². The van der Waals surface area contributed by atoms with E-state index in [1.54, 1.807) is 0 Å². The van der Waals surface area contributed by atoms with Gasteiger partial charge in [0, 0.05) is 6.54 Å². The molecule has 1 atom stereocenters. The minimum absolute atomic E-state index is 0.0984. The Labute approximate surface area is 108 Å². The Balaban J connectivity index is 1.66. The van der Waals surface area contributed by atoms with E-state index in [2.05, 4.69) is 4.90 Å². The Morgan fingerprint density at radius 3 is 2.44 bits per heavy atom. The van der Waals surface area contributed by atoms with Crippen LogP contribution in [-0.2, 0) is 4.74 Å². The number of hydrogen-bond donors (Lipinski definition) is 0. The molecule has 3 aliphatic rings. The maximum Gasteiger partial charge on any atom is 0.338 e. The van der Waals surface area contributed by atoms with Crippen molar-refractivity contribution in [2.75, 3.05) is 19.6 Å². The van der Waals surface area contributed by atoms with Crippen molar-refractivity contribution in [2.24, 2.45) is 5.92 Å². The van der Waals surface area contributed by atoms with E-state index < -0.39 is 0 Å². The second-order valence-corrected chi connectivity index (χ2v) is 5.45. The van der Waals surface area contributed by atoms with Crippen molar-refractivity contribution in [3.63, 3.8) is 0 Å². The summed E-state index contributed by atoms with van der Waals surface area (Å²) in [4.78, 5) is 14.5. The highest BCUT2D eigenvalue weighted by atomic mass is 16.5. The number of carbonyl (C=O) groups excluding carboxylic acids is 1. The monoisotopic (exact) mass is 245 g/mol. The third-order valence-corrected chi connectivity index (χ3v) is 4.14. The van der Waals surface area contributed by atoms with Crippen LogP contribution in [0.2, 0.25) is 0 Å². The number of carbonyl (C=O) groups is 1. The average Bonchev–Trinajstić information content (AvgIpc) is 2.41. The Bertz CT molecular complexity index is 432. The molecular weight excluding hydrogens is 226 g/mol. The lowest BCUT2D eigenvalue weighted by Gasteiger charge is -2.43. The van der Waals surface area contributed by atoms with Crippen LogP contribution in [-0.4, -0.2) is 36.6 Å². The summed E-state index contributed by atoms with van der Waals surface area (Å²) >= 11 is 0. The van der Waals surface area contributed by atoms with Crippen LogP contribution in [0.4, 0.5) is 0 Å². The SMILES string of the molecule is Cc1ccc(C(=O)O[C@@H]2CN3CCC2CC3)cc1. The van der Waals surface area contributed by atoms with Crippen LogP contribution < -0.4 is 0 Å². The van der Waals surface area contributed by atoms with Gasteiger partial charge in [0.05, 0.1) is 5.56 Å². The van der Waals surface area contributed by atoms with Gasteiger partial charge in [0.25, 0.3) is 0 Å². The van der Waals surface area contributed by atoms with Gasteiger partial charge in [-0.25, -0.2) is 4.79 Å². The van der Waals surface area contributed by atoms with Crippen LogP contribution in [0.1, 0.15) is 28.8 Å². The van der Waals surface area contributed by atoms with Gasteiger partial charge >= 0.3 is 5.97 Å². The smallest absolute Gasteiger partial charge is 0.338 e.